The second kappa shape index (κ2) is 21.2. The summed E-state index contributed by atoms with van der Waals surface area (Å²) in [7, 11) is 0. The van der Waals surface area contributed by atoms with E-state index in [4.69, 9.17) is 0 Å². The van der Waals surface area contributed by atoms with Crippen LogP contribution in [-0.2, 0) is 6.42 Å². The molecule has 2 fully saturated rings. The maximum atomic E-state index is 4.02. The van der Waals surface area contributed by atoms with Crippen LogP contribution in [0.3, 0.4) is 0 Å². The minimum absolute atomic E-state index is 0.331. The second-order valence-electron chi connectivity index (χ2n) is 9.64. The van der Waals surface area contributed by atoms with Gasteiger partial charge in [-0.2, -0.15) is 11.8 Å². The van der Waals surface area contributed by atoms with Crippen molar-refractivity contribution < 1.29 is 0 Å². The Hall–Kier alpha value is -1.15. The fourth-order valence-electron chi connectivity index (χ4n) is 4.67. The van der Waals surface area contributed by atoms with Crippen molar-refractivity contribution in [3.63, 3.8) is 0 Å². The molecule has 0 amide bonds. The first kappa shape index (κ1) is 32.8. The molecule has 0 spiro atoms. The number of aryl methyl sites for hydroxylation is 1. The Bertz CT molecular complexity index is 617. The van der Waals surface area contributed by atoms with Crippen molar-refractivity contribution in [1.29, 1.82) is 0 Å². The molecular formula is C32H57NS. The summed E-state index contributed by atoms with van der Waals surface area (Å²) in [6.45, 7) is 22.4. The van der Waals surface area contributed by atoms with Crippen molar-refractivity contribution in [2.45, 2.75) is 136 Å². The van der Waals surface area contributed by atoms with Gasteiger partial charge in [0.2, 0.25) is 0 Å². The van der Waals surface area contributed by atoms with Gasteiger partial charge in [0, 0.05) is 22.2 Å². The van der Waals surface area contributed by atoms with Crippen LogP contribution in [0.25, 0.3) is 0 Å². The van der Waals surface area contributed by atoms with Gasteiger partial charge in [0.1, 0.15) is 0 Å². The molecule has 2 saturated carbocycles. The van der Waals surface area contributed by atoms with Gasteiger partial charge in [0.25, 0.3) is 0 Å². The third-order valence-corrected chi connectivity index (χ3v) is 8.07. The molecule has 3 unspecified atom stereocenters. The zero-order valence-electron chi connectivity index (χ0n) is 23.8. The highest BCUT2D eigenvalue weighted by Gasteiger charge is 2.23. The Morgan fingerprint density at radius 3 is 2.00 bits per heavy atom. The molecule has 2 aliphatic carbocycles. The largest absolute Gasteiger partial charge is 0.383 e. The van der Waals surface area contributed by atoms with E-state index in [1.54, 1.807) is 0 Å². The molecular weight excluding hydrogens is 430 g/mol. The molecule has 34 heavy (non-hydrogen) atoms. The highest BCUT2D eigenvalue weighted by molar-refractivity contribution is 8.00. The quantitative estimate of drug-likeness (QED) is 0.366. The van der Waals surface area contributed by atoms with E-state index in [1.165, 1.54) is 68.9 Å². The number of nitrogens with one attached hydrogen (secondary N) is 1. The Balaban J connectivity index is 0.000000561. The average molecular weight is 488 g/mol. The third-order valence-electron chi connectivity index (χ3n) is 6.41. The SMILES string of the molecule is C=C(C)NC(CCc1ccccc1)C(=C)C.CC.CC.CC1CCCC(SC2CCCCC2)C1. The summed E-state index contributed by atoms with van der Waals surface area (Å²) in [5, 5.41) is 5.40. The Kier molecular flexibility index (Phi) is 20.4. The summed E-state index contributed by atoms with van der Waals surface area (Å²) >= 11 is 2.35. The smallest absolute Gasteiger partial charge is 0.0468 e. The van der Waals surface area contributed by atoms with Crippen LogP contribution < -0.4 is 5.32 Å². The van der Waals surface area contributed by atoms with Crippen molar-refractivity contribution in [2.75, 3.05) is 0 Å². The van der Waals surface area contributed by atoms with Gasteiger partial charge in [0.05, 0.1) is 0 Å². The lowest BCUT2D eigenvalue weighted by Crippen LogP contribution is -2.28. The third kappa shape index (κ3) is 15.7. The van der Waals surface area contributed by atoms with Crippen LogP contribution in [0, 0.1) is 5.92 Å². The zero-order valence-corrected chi connectivity index (χ0v) is 24.6. The minimum atomic E-state index is 0.331. The van der Waals surface area contributed by atoms with Crippen molar-refractivity contribution >= 4 is 11.8 Å². The van der Waals surface area contributed by atoms with Gasteiger partial charge in [-0.1, -0.05) is 116 Å². The molecule has 1 aromatic carbocycles. The molecule has 2 aliphatic rings. The molecule has 0 radical (unpaired) electrons. The lowest BCUT2D eigenvalue weighted by molar-refractivity contribution is 0.392. The molecule has 1 aromatic rings. The minimum Gasteiger partial charge on any atom is -0.383 e. The normalized spacial score (nSPS) is 20.7. The molecule has 1 N–H and O–H groups in total. The van der Waals surface area contributed by atoms with Gasteiger partial charge in [-0.25, -0.2) is 0 Å². The lowest BCUT2D eigenvalue weighted by atomic mass is 9.90. The first-order valence-corrected chi connectivity index (χ1v) is 15.1. The van der Waals surface area contributed by atoms with Gasteiger partial charge >= 0.3 is 0 Å². The maximum Gasteiger partial charge on any atom is 0.0468 e. The van der Waals surface area contributed by atoms with Crippen LogP contribution in [0.1, 0.15) is 118 Å². The first-order chi connectivity index (χ1) is 16.4. The van der Waals surface area contributed by atoms with Gasteiger partial charge in [-0.05, 0) is 63.9 Å². The molecule has 0 bridgehead atoms. The highest BCUT2D eigenvalue weighted by atomic mass is 32.2. The van der Waals surface area contributed by atoms with E-state index in [2.05, 4.69) is 68.3 Å². The van der Waals surface area contributed by atoms with E-state index >= 15 is 0 Å². The molecule has 0 aromatic heterocycles. The maximum absolute atomic E-state index is 4.02. The molecule has 0 heterocycles. The van der Waals surface area contributed by atoms with Crippen molar-refractivity contribution in [1.82, 2.24) is 5.32 Å². The second-order valence-corrected chi connectivity index (χ2v) is 11.2. The molecule has 3 atom stereocenters. The number of thioether (sulfide) groups is 1. The van der Waals surface area contributed by atoms with Crippen molar-refractivity contribution in [3.8, 4) is 0 Å². The molecule has 1 nitrogen and oxygen atoms in total. The Morgan fingerprint density at radius 1 is 0.882 bits per heavy atom. The Labute approximate surface area is 218 Å². The van der Waals surface area contributed by atoms with Crippen LogP contribution >= 0.6 is 11.8 Å². The molecule has 0 aliphatic heterocycles. The van der Waals surface area contributed by atoms with Crippen LogP contribution in [0.4, 0.5) is 0 Å². The van der Waals surface area contributed by atoms with Crippen LogP contribution in [-0.4, -0.2) is 16.5 Å². The molecule has 2 heteroatoms. The van der Waals surface area contributed by atoms with Crippen molar-refractivity contribution in [2.24, 2.45) is 5.92 Å². The predicted molar refractivity (Wildman–Crippen MR) is 160 cm³/mol. The van der Waals surface area contributed by atoms with Crippen LogP contribution in [0.5, 0.6) is 0 Å². The van der Waals surface area contributed by atoms with Crippen molar-refractivity contribution in [3.05, 3.63) is 60.3 Å². The lowest BCUT2D eigenvalue weighted by Gasteiger charge is -2.31. The van der Waals surface area contributed by atoms with E-state index in [0.29, 0.717) is 6.04 Å². The molecule has 196 valence electrons. The number of hydrogen-bond donors (Lipinski definition) is 1. The fraction of sp³-hybridized carbons (Fsp3) is 0.688. The summed E-state index contributed by atoms with van der Waals surface area (Å²) in [6.07, 6.45) is 15.6. The van der Waals surface area contributed by atoms with Gasteiger partial charge < -0.3 is 5.32 Å². The van der Waals surface area contributed by atoms with E-state index in [0.717, 1.165) is 35.0 Å². The number of hydrogen-bond acceptors (Lipinski definition) is 2. The average Bonchev–Trinajstić information content (AvgIpc) is 2.86. The van der Waals surface area contributed by atoms with Crippen LogP contribution in [0.15, 0.2) is 54.8 Å². The fourth-order valence-corrected chi connectivity index (χ4v) is 6.56. The number of allylic oxidation sites excluding steroid dienone is 1. The first-order valence-electron chi connectivity index (χ1n) is 14.2. The highest BCUT2D eigenvalue weighted by Crippen LogP contribution is 2.38. The summed E-state index contributed by atoms with van der Waals surface area (Å²) < 4.78 is 0. The monoisotopic (exact) mass is 487 g/mol. The van der Waals surface area contributed by atoms with E-state index in [-0.39, 0.29) is 0 Å². The Morgan fingerprint density at radius 2 is 1.47 bits per heavy atom. The standard InChI is InChI=1S/C15H21N.C13H24S.2C2H6/c1-12(2)15(16-13(3)4)11-10-14-8-6-5-7-9-14;1-11-6-5-9-13(10-11)14-12-7-3-2-4-8-12;2*1-2/h5-9,15-16H,1,3,10-11H2,2,4H3;11-13H,2-10H2,1H3;2*1-2H3. The predicted octanol–water partition coefficient (Wildman–Crippen LogP) is 10.4. The van der Waals surface area contributed by atoms with E-state index in [1.807, 2.05) is 40.7 Å². The topological polar surface area (TPSA) is 12.0 Å². The number of rotatable bonds is 8. The van der Waals surface area contributed by atoms with Gasteiger partial charge in [-0.3, -0.25) is 0 Å². The van der Waals surface area contributed by atoms with E-state index in [9.17, 15) is 0 Å². The number of benzene rings is 1. The summed E-state index contributed by atoms with van der Waals surface area (Å²) in [4.78, 5) is 0. The van der Waals surface area contributed by atoms with E-state index < -0.39 is 0 Å². The summed E-state index contributed by atoms with van der Waals surface area (Å²) in [6, 6.07) is 10.9. The van der Waals surface area contributed by atoms with Crippen LogP contribution in [0.2, 0.25) is 0 Å². The summed E-state index contributed by atoms with van der Waals surface area (Å²) in [5.41, 5.74) is 3.54. The summed E-state index contributed by atoms with van der Waals surface area (Å²) in [5.74, 6) is 1.00. The molecule has 3 rings (SSSR count). The van der Waals surface area contributed by atoms with Gasteiger partial charge in [0.15, 0.2) is 0 Å². The van der Waals surface area contributed by atoms with Gasteiger partial charge in [-0.15, -0.1) is 0 Å². The molecule has 0 saturated heterocycles. The zero-order chi connectivity index (χ0) is 25.8.